The number of rotatable bonds is 3. The Labute approximate surface area is 141 Å². The van der Waals surface area contributed by atoms with Gasteiger partial charge in [0, 0.05) is 6.07 Å². The molecule has 0 N–H and O–H groups in total. The van der Waals surface area contributed by atoms with Crippen LogP contribution in [0.1, 0.15) is 5.69 Å². The van der Waals surface area contributed by atoms with Crippen LogP contribution in [-0.4, -0.2) is 39.8 Å². The summed E-state index contributed by atoms with van der Waals surface area (Å²) in [5.74, 6) is -0.156. The van der Waals surface area contributed by atoms with Crippen LogP contribution in [0.2, 0.25) is 0 Å². The van der Waals surface area contributed by atoms with E-state index in [1.54, 1.807) is 24.3 Å². The molecule has 4 aromatic rings. The third-order valence-corrected chi connectivity index (χ3v) is 4.08. The predicted octanol–water partition coefficient (Wildman–Crippen LogP) is 2.27. The quantitative estimate of drug-likeness (QED) is 0.515. The highest BCUT2D eigenvalue weighted by Crippen LogP contribution is 2.33. The van der Waals surface area contributed by atoms with Gasteiger partial charge in [-0.15, -0.1) is 5.10 Å². The van der Waals surface area contributed by atoms with E-state index in [2.05, 4.69) is 30.6 Å². The summed E-state index contributed by atoms with van der Waals surface area (Å²) in [6, 6.07) is 9.87. The third-order valence-electron chi connectivity index (χ3n) is 3.15. The van der Waals surface area contributed by atoms with Gasteiger partial charge in [0.1, 0.15) is 11.4 Å². The van der Waals surface area contributed by atoms with E-state index in [4.69, 9.17) is 0 Å². The second kappa shape index (κ2) is 5.81. The number of tetrazole rings is 1. The summed E-state index contributed by atoms with van der Waals surface area (Å²) < 4.78 is 41.8. The van der Waals surface area contributed by atoms with E-state index in [9.17, 15) is 13.2 Å². The van der Waals surface area contributed by atoms with E-state index in [-0.39, 0.29) is 16.0 Å². The lowest BCUT2D eigenvalue weighted by molar-refractivity contribution is -0.141. The van der Waals surface area contributed by atoms with E-state index in [1.807, 2.05) is 6.07 Å². The predicted molar refractivity (Wildman–Crippen MR) is 79.1 cm³/mol. The molecule has 25 heavy (non-hydrogen) atoms. The molecule has 3 heterocycles. The summed E-state index contributed by atoms with van der Waals surface area (Å²) in [6.45, 7) is 0. The fraction of sp³-hybridized carbons (Fsp3) is 0.0769. The van der Waals surface area contributed by atoms with Crippen LogP contribution in [0.3, 0.4) is 0 Å². The first-order chi connectivity index (χ1) is 12.0. The number of fused-ring (bicyclic) bond motifs is 1. The molecule has 8 nitrogen and oxygen atoms in total. The molecule has 3 aromatic heterocycles. The van der Waals surface area contributed by atoms with Crippen molar-refractivity contribution in [3.05, 3.63) is 48.4 Å². The third kappa shape index (κ3) is 2.91. The second-order valence-electron chi connectivity index (χ2n) is 4.76. The van der Waals surface area contributed by atoms with Crippen molar-refractivity contribution in [3.63, 3.8) is 0 Å². The van der Waals surface area contributed by atoms with E-state index in [0.717, 1.165) is 24.2 Å². The van der Waals surface area contributed by atoms with Gasteiger partial charge in [0.2, 0.25) is 5.16 Å². The number of alkyl halides is 3. The van der Waals surface area contributed by atoms with Gasteiger partial charge in [-0.3, -0.25) is 0 Å². The molecule has 0 aliphatic heterocycles. The monoisotopic (exact) mass is 364 g/mol. The average Bonchev–Trinajstić information content (AvgIpc) is 3.23. The summed E-state index contributed by atoms with van der Waals surface area (Å²) in [5, 5.41) is 15.7. The van der Waals surface area contributed by atoms with Crippen LogP contribution in [0.5, 0.6) is 0 Å². The summed E-state index contributed by atoms with van der Waals surface area (Å²) in [5.41, 5.74) is -0.385. The number of nitrogens with zero attached hydrogens (tertiary/aromatic N) is 8. The zero-order valence-electron chi connectivity index (χ0n) is 12.2. The Balaban J connectivity index is 1.80. The van der Waals surface area contributed by atoms with Crippen molar-refractivity contribution in [2.75, 3.05) is 0 Å². The maximum Gasteiger partial charge on any atom is 0.433 e. The number of benzene rings is 1. The normalized spacial score (nSPS) is 12.0. The molecule has 0 saturated carbocycles. The lowest BCUT2D eigenvalue weighted by Gasteiger charge is -2.09. The Hall–Kier alpha value is -3.02. The number of hydrogen-bond acceptors (Lipinski definition) is 7. The van der Waals surface area contributed by atoms with Crippen LogP contribution in [0.15, 0.2) is 52.9 Å². The number of aromatic nitrogens is 8. The summed E-state index contributed by atoms with van der Waals surface area (Å²) in [6.07, 6.45) is -3.47. The Morgan fingerprint density at radius 2 is 1.88 bits per heavy atom. The van der Waals surface area contributed by atoms with Gasteiger partial charge >= 0.3 is 6.18 Å². The first kappa shape index (κ1) is 15.5. The summed E-state index contributed by atoms with van der Waals surface area (Å²) in [4.78, 5) is 7.20. The minimum atomic E-state index is -4.60. The van der Waals surface area contributed by atoms with Gasteiger partial charge in [-0.1, -0.05) is 18.2 Å². The van der Waals surface area contributed by atoms with Gasteiger partial charge < -0.3 is 0 Å². The molecule has 126 valence electrons. The minimum Gasteiger partial charge on any atom is -0.206 e. The number of halogens is 3. The number of para-hydroxylation sites is 1. The Morgan fingerprint density at radius 1 is 1.08 bits per heavy atom. The molecule has 0 spiro atoms. The van der Waals surface area contributed by atoms with Crippen molar-refractivity contribution >= 4 is 17.5 Å². The first-order valence-corrected chi connectivity index (χ1v) is 7.63. The van der Waals surface area contributed by atoms with Gasteiger partial charge in [0.15, 0.2) is 5.69 Å². The maximum atomic E-state index is 13.1. The van der Waals surface area contributed by atoms with Crippen LogP contribution in [0, 0.1) is 0 Å². The SMILES string of the molecule is FC(F)(F)c1cc(Sc2nnnn2-c2ccccc2)n2ncnc2n1. The van der Waals surface area contributed by atoms with Crippen LogP contribution < -0.4 is 0 Å². The highest BCUT2D eigenvalue weighted by molar-refractivity contribution is 7.99. The molecular formula is C13H7F3N8S. The number of hydrogen-bond donors (Lipinski definition) is 0. The van der Waals surface area contributed by atoms with Gasteiger partial charge in [0.05, 0.1) is 5.69 Å². The second-order valence-corrected chi connectivity index (χ2v) is 5.75. The van der Waals surface area contributed by atoms with Gasteiger partial charge in [0.25, 0.3) is 5.78 Å². The molecule has 12 heteroatoms. The minimum absolute atomic E-state index is 0.141. The average molecular weight is 364 g/mol. The van der Waals surface area contributed by atoms with Crippen LogP contribution >= 0.6 is 11.8 Å². The molecule has 4 rings (SSSR count). The Kier molecular flexibility index (Phi) is 3.60. The van der Waals surface area contributed by atoms with Gasteiger partial charge in [-0.05, 0) is 34.3 Å². The van der Waals surface area contributed by atoms with E-state index < -0.39 is 11.9 Å². The molecule has 0 unspecified atom stereocenters. The molecule has 0 radical (unpaired) electrons. The molecule has 1 aromatic carbocycles. The van der Waals surface area contributed by atoms with Crippen molar-refractivity contribution in [1.82, 2.24) is 39.8 Å². The molecular weight excluding hydrogens is 357 g/mol. The molecule has 0 bridgehead atoms. The maximum absolute atomic E-state index is 13.1. The van der Waals surface area contributed by atoms with Gasteiger partial charge in [-0.2, -0.15) is 32.5 Å². The molecule has 0 aliphatic rings. The molecule has 0 fully saturated rings. The van der Waals surface area contributed by atoms with Crippen LogP contribution in [0.4, 0.5) is 13.2 Å². The lowest BCUT2D eigenvalue weighted by Crippen LogP contribution is -2.11. The van der Waals surface area contributed by atoms with E-state index in [0.29, 0.717) is 5.69 Å². The zero-order chi connectivity index (χ0) is 17.4. The topological polar surface area (TPSA) is 86.7 Å². The Morgan fingerprint density at radius 3 is 2.64 bits per heavy atom. The van der Waals surface area contributed by atoms with Crippen molar-refractivity contribution in [3.8, 4) is 5.69 Å². The first-order valence-electron chi connectivity index (χ1n) is 6.82. The highest BCUT2D eigenvalue weighted by Gasteiger charge is 2.34. The van der Waals surface area contributed by atoms with E-state index in [1.165, 1.54) is 9.20 Å². The van der Waals surface area contributed by atoms with E-state index >= 15 is 0 Å². The van der Waals surface area contributed by atoms with Gasteiger partial charge in [-0.25, -0.2) is 4.98 Å². The molecule has 0 amide bonds. The zero-order valence-corrected chi connectivity index (χ0v) is 13.0. The van der Waals surface area contributed by atoms with Crippen molar-refractivity contribution in [2.24, 2.45) is 0 Å². The summed E-state index contributed by atoms with van der Waals surface area (Å²) in [7, 11) is 0. The van der Waals surface area contributed by atoms with Crippen molar-refractivity contribution < 1.29 is 13.2 Å². The van der Waals surface area contributed by atoms with Crippen molar-refractivity contribution in [2.45, 2.75) is 16.4 Å². The fourth-order valence-electron chi connectivity index (χ4n) is 2.07. The largest absolute Gasteiger partial charge is 0.433 e. The summed E-state index contributed by atoms with van der Waals surface area (Å²) >= 11 is 0.927. The molecule has 0 saturated heterocycles. The smallest absolute Gasteiger partial charge is 0.206 e. The van der Waals surface area contributed by atoms with Crippen LogP contribution in [-0.2, 0) is 6.18 Å². The lowest BCUT2D eigenvalue weighted by atomic mass is 10.3. The fourth-order valence-corrected chi connectivity index (χ4v) is 2.95. The standard InChI is InChI=1S/C13H7F3N8S/c14-13(15,16)9-6-10(24-11(19-9)17-7-18-24)25-12-20-21-22-23(12)8-4-2-1-3-5-8/h1-7H. The Bertz CT molecular complexity index is 1030. The van der Waals surface area contributed by atoms with Crippen LogP contribution in [0.25, 0.3) is 11.5 Å². The molecule has 0 atom stereocenters. The molecule has 0 aliphatic carbocycles. The highest BCUT2D eigenvalue weighted by atomic mass is 32.2. The van der Waals surface area contributed by atoms with Crippen molar-refractivity contribution in [1.29, 1.82) is 0 Å².